The van der Waals surface area contributed by atoms with Crippen LogP contribution in [0.3, 0.4) is 0 Å². The van der Waals surface area contributed by atoms with Gasteiger partial charge in [-0.2, -0.15) is 0 Å². The highest BCUT2D eigenvalue weighted by atomic mass is 14.5. The highest BCUT2D eigenvalue weighted by molar-refractivity contribution is 6.08. The van der Waals surface area contributed by atoms with Crippen LogP contribution >= 0.6 is 0 Å². The summed E-state index contributed by atoms with van der Waals surface area (Å²) >= 11 is 0. The fourth-order valence-electron chi connectivity index (χ4n) is 9.38. The quantitative estimate of drug-likeness (QED) is 0.186. The Labute approximate surface area is 286 Å². The smallest absolute Gasteiger partial charge is 0.0324 e. The van der Waals surface area contributed by atoms with Crippen molar-refractivity contribution in [2.45, 2.75) is 90.9 Å². The Morgan fingerprint density at radius 3 is 2.15 bits per heavy atom. The van der Waals surface area contributed by atoms with Gasteiger partial charge >= 0.3 is 0 Å². The Kier molecular flexibility index (Phi) is 6.43. The molecule has 0 radical (unpaired) electrons. The molecule has 5 aliphatic carbocycles. The molecule has 48 heavy (non-hydrogen) atoms. The average Bonchev–Trinajstić information content (AvgIpc) is 3.46. The molecular formula is C48H44. The van der Waals surface area contributed by atoms with Crippen LogP contribution in [0, 0.1) is 18.8 Å². The minimum atomic E-state index is -0.0737. The van der Waals surface area contributed by atoms with E-state index < -0.39 is 0 Å². The Morgan fingerprint density at radius 2 is 1.35 bits per heavy atom. The number of allylic oxidation sites excluding steroid dienone is 8. The Morgan fingerprint density at radius 1 is 0.625 bits per heavy atom. The third-order valence-corrected chi connectivity index (χ3v) is 12.2. The molecule has 0 nitrogen and oxygen atoms in total. The second-order valence-electron chi connectivity index (χ2n) is 15.8. The maximum atomic E-state index is 3.65. The van der Waals surface area contributed by atoms with E-state index >= 15 is 0 Å². The molecule has 0 atom stereocenters. The van der Waals surface area contributed by atoms with Crippen molar-refractivity contribution >= 4 is 34.1 Å². The zero-order valence-corrected chi connectivity index (χ0v) is 29.3. The monoisotopic (exact) mass is 620 g/mol. The highest BCUT2D eigenvalue weighted by Crippen LogP contribution is 2.58. The molecule has 0 bridgehead atoms. The van der Waals surface area contributed by atoms with E-state index in [9.17, 15) is 0 Å². The highest BCUT2D eigenvalue weighted by Gasteiger charge is 2.43. The lowest BCUT2D eigenvalue weighted by Gasteiger charge is -2.26. The maximum absolute atomic E-state index is 3.65. The molecule has 0 heteroatoms. The van der Waals surface area contributed by atoms with Crippen molar-refractivity contribution in [2.75, 3.05) is 0 Å². The van der Waals surface area contributed by atoms with Gasteiger partial charge in [0.1, 0.15) is 0 Å². The molecule has 0 saturated heterocycles. The van der Waals surface area contributed by atoms with Crippen LogP contribution < -0.4 is 10.4 Å². The molecule has 4 aromatic carbocycles. The van der Waals surface area contributed by atoms with Gasteiger partial charge in [0.25, 0.3) is 0 Å². The first-order valence-corrected chi connectivity index (χ1v) is 18.0. The van der Waals surface area contributed by atoms with Gasteiger partial charge in [-0.05, 0) is 165 Å². The molecule has 0 aliphatic heterocycles. The summed E-state index contributed by atoms with van der Waals surface area (Å²) in [5.74, 6) is 7.25. The number of fused-ring (bicyclic) bond motifs is 8. The molecule has 0 unspecified atom stereocenters. The number of aryl methyl sites for hydroxylation is 1. The van der Waals surface area contributed by atoms with Gasteiger partial charge in [-0.25, -0.2) is 0 Å². The van der Waals surface area contributed by atoms with Crippen molar-refractivity contribution in [3.8, 4) is 23.0 Å². The van der Waals surface area contributed by atoms with E-state index in [1.165, 1.54) is 99.1 Å². The zero-order valence-electron chi connectivity index (χ0n) is 29.3. The Balaban J connectivity index is 1.16. The summed E-state index contributed by atoms with van der Waals surface area (Å²) in [6.07, 6.45) is 18.5. The number of hydrogen-bond donors (Lipinski definition) is 0. The molecule has 5 aliphatic rings. The topological polar surface area (TPSA) is 0 Å². The molecular weight excluding hydrogens is 577 g/mol. The van der Waals surface area contributed by atoms with Gasteiger partial charge < -0.3 is 0 Å². The van der Waals surface area contributed by atoms with E-state index in [0.29, 0.717) is 0 Å². The lowest BCUT2D eigenvalue weighted by Crippen LogP contribution is -2.31. The SMILES string of the molecule is CC1=CC=C(c2cc3c(c4ccccc24)-c2cc4c(cc2C3(C)C)C2=C(C=C(C#Cc3ccc(C)c5c3=CCCC=5)CC2)C4(C)C)CC1. The zero-order chi connectivity index (χ0) is 32.9. The summed E-state index contributed by atoms with van der Waals surface area (Å²) in [6.45, 7) is 14.2. The molecule has 0 fully saturated rings. The fourth-order valence-corrected chi connectivity index (χ4v) is 9.38. The fraction of sp³-hybridized carbons (Fsp3) is 0.292. The molecule has 0 heterocycles. The van der Waals surface area contributed by atoms with Crippen LogP contribution in [0.2, 0.25) is 0 Å². The lowest BCUT2D eigenvalue weighted by atomic mass is 9.77. The standard InChI is InChI=1S/C48H44/c1-29-15-20-33(21-16-29)39-26-45-46(38-14-10-9-13-36(38)39)41-28-43-40(27-44(41)48(45,5)6)37-24-19-31(25-42(37)47(43,3)4)18-23-32-22-17-30(2)34-11-7-8-12-35(32)34/h9-15,17,20,22,25-28H,7-8,16,19,21,24H2,1-6H3. The minimum absolute atomic E-state index is 0.0709. The van der Waals surface area contributed by atoms with Crippen LogP contribution in [-0.2, 0) is 10.8 Å². The van der Waals surface area contributed by atoms with Crippen LogP contribution in [-0.4, -0.2) is 0 Å². The second kappa shape index (κ2) is 10.4. The molecule has 0 aromatic heterocycles. The van der Waals surface area contributed by atoms with Crippen LogP contribution in [0.1, 0.15) is 112 Å². The van der Waals surface area contributed by atoms with Crippen LogP contribution in [0.25, 0.3) is 45.2 Å². The largest absolute Gasteiger partial charge is 0.0761 e. The van der Waals surface area contributed by atoms with Crippen molar-refractivity contribution in [3.05, 3.63) is 139 Å². The second-order valence-corrected chi connectivity index (χ2v) is 15.8. The van der Waals surface area contributed by atoms with Crippen LogP contribution in [0.4, 0.5) is 0 Å². The van der Waals surface area contributed by atoms with E-state index in [1.807, 2.05) is 0 Å². The first-order chi connectivity index (χ1) is 23.1. The maximum Gasteiger partial charge on any atom is 0.0324 e. The van der Waals surface area contributed by atoms with Gasteiger partial charge in [-0.15, -0.1) is 0 Å². The minimum Gasteiger partial charge on any atom is -0.0761 e. The number of hydrogen-bond acceptors (Lipinski definition) is 0. The van der Waals surface area contributed by atoms with Gasteiger partial charge in [0.15, 0.2) is 0 Å². The van der Waals surface area contributed by atoms with Crippen LogP contribution in [0.15, 0.2) is 89.5 Å². The predicted octanol–water partition coefficient (Wildman–Crippen LogP) is 10.7. The summed E-state index contributed by atoms with van der Waals surface area (Å²) in [6, 6.07) is 21.3. The number of benzene rings is 4. The van der Waals surface area contributed by atoms with E-state index in [0.717, 1.165) is 38.5 Å². The van der Waals surface area contributed by atoms with E-state index in [-0.39, 0.29) is 10.8 Å². The summed E-state index contributed by atoms with van der Waals surface area (Å²) in [5.41, 5.74) is 19.8. The summed E-state index contributed by atoms with van der Waals surface area (Å²) in [4.78, 5) is 0. The summed E-state index contributed by atoms with van der Waals surface area (Å²) < 4.78 is 0. The Bertz CT molecular complexity index is 2450. The molecule has 0 N–H and O–H groups in total. The van der Waals surface area contributed by atoms with Crippen LogP contribution in [0.5, 0.6) is 0 Å². The normalized spacial score (nSPS) is 19.3. The van der Waals surface area contributed by atoms with Gasteiger partial charge in [0, 0.05) is 22.0 Å². The van der Waals surface area contributed by atoms with Crippen molar-refractivity contribution in [2.24, 2.45) is 0 Å². The third-order valence-electron chi connectivity index (χ3n) is 12.2. The third kappa shape index (κ3) is 4.23. The molecule has 236 valence electrons. The van der Waals surface area contributed by atoms with Gasteiger partial charge in [-0.1, -0.05) is 99.7 Å². The van der Waals surface area contributed by atoms with Gasteiger partial charge in [0.2, 0.25) is 0 Å². The Hall–Kier alpha value is -4.60. The summed E-state index contributed by atoms with van der Waals surface area (Å²) in [5, 5.41) is 5.48. The van der Waals surface area contributed by atoms with Crippen molar-refractivity contribution in [1.29, 1.82) is 0 Å². The predicted molar refractivity (Wildman–Crippen MR) is 205 cm³/mol. The molecule has 9 rings (SSSR count). The van der Waals surface area contributed by atoms with Gasteiger partial charge in [-0.3, -0.25) is 0 Å². The van der Waals surface area contributed by atoms with Crippen molar-refractivity contribution < 1.29 is 0 Å². The van der Waals surface area contributed by atoms with Gasteiger partial charge in [0.05, 0.1) is 0 Å². The molecule has 4 aromatic rings. The van der Waals surface area contributed by atoms with E-state index in [1.54, 1.807) is 0 Å². The first-order valence-electron chi connectivity index (χ1n) is 18.0. The lowest BCUT2D eigenvalue weighted by molar-refractivity contribution is 0.645. The number of rotatable bonds is 1. The van der Waals surface area contributed by atoms with Crippen molar-refractivity contribution in [1.82, 2.24) is 0 Å². The first kappa shape index (κ1) is 29.5. The molecule has 0 saturated carbocycles. The van der Waals surface area contributed by atoms with E-state index in [4.69, 9.17) is 0 Å². The molecule has 0 spiro atoms. The molecule has 0 amide bonds. The average molecular weight is 621 g/mol. The van der Waals surface area contributed by atoms with E-state index in [2.05, 4.69) is 138 Å². The summed E-state index contributed by atoms with van der Waals surface area (Å²) in [7, 11) is 0. The van der Waals surface area contributed by atoms with Crippen molar-refractivity contribution in [3.63, 3.8) is 0 Å².